The van der Waals surface area contributed by atoms with Crippen molar-refractivity contribution >= 4 is 0 Å². The van der Waals surface area contributed by atoms with Crippen LogP contribution in [0.4, 0.5) is 39.5 Å². The zero-order valence-electron chi connectivity index (χ0n) is 10.8. The first-order chi connectivity index (χ1) is 10.3. The first-order valence-electron chi connectivity index (χ1n) is 5.89. The predicted octanol–water partition coefficient (Wildman–Crippen LogP) is 4.77. The molecule has 0 radical (unpaired) electrons. The normalized spacial score (nSPS) is 21.7. The molecule has 2 rings (SSSR count). The molecular formula is C12H7F9O2. The summed E-state index contributed by atoms with van der Waals surface area (Å²) in [6.07, 6.45) is -18.7. The molecule has 1 fully saturated rings. The first-order valence-corrected chi connectivity index (χ1v) is 5.89. The highest BCUT2D eigenvalue weighted by Gasteiger charge is 2.79. The van der Waals surface area contributed by atoms with Gasteiger partial charge in [0.05, 0.1) is 6.61 Å². The molecule has 130 valence electrons. The lowest BCUT2D eigenvalue weighted by atomic mass is 9.73. The van der Waals surface area contributed by atoms with Crippen molar-refractivity contribution < 1.29 is 49.0 Å². The van der Waals surface area contributed by atoms with Crippen LogP contribution in [-0.4, -0.2) is 25.3 Å². The molecule has 0 bridgehead atoms. The second kappa shape index (κ2) is 5.18. The van der Waals surface area contributed by atoms with Crippen LogP contribution in [0.2, 0.25) is 0 Å². The number of halogens is 9. The summed E-state index contributed by atoms with van der Waals surface area (Å²) in [6, 6.07) is 2.55. The van der Waals surface area contributed by atoms with Gasteiger partial charge in [-0.05, 0) is 17.7 Å². The molecule has 1 heterocycles. The molecule has 1 aliphatic heterocycles. The molecule has 0 amide bonds. The highest BCUT2D eigenvalue weighted by Crippen LogP contribution is 2.64. The van der Waals surface area contributed by atoms with Crippen LogP contribution in [0.15, 0.2) is 24.3 Å². The Balaban J connectivity index is 2.31. The van der Waals surface area contributed by atoms with E-state index in [0.29, 0.717) is 24.3 Å². The summed E-state index contributed by atoms with van der Waals surface area (Å²) in [4.78, 5) is 0. The molecule has 2 nitrogen and oxygen atoms in total. The van der Waals surface area contributed by atoms with Crippen molar-refractivity contribution in [3.63, 3.8) is 0 Å². The van der Waals surface area contributed by atoms with Gasteiger partial charge in [0, 0.05) is 0 Å². The third-order valence-corrected chi connectivity index (χ3v) is 3.35. The summed E-state index contributed by atoms with van der Waals surface area (Å²) in [5.41, 5.74) is -4.65. The van der Waals surface area contributed by atoms with E-state index in [-0.39, 0.29) is 0 Å². The Kier molecular flexibility index (Phi) is 3.99. The van der Waals surface area contributed by atoms with Gasteiger partial charge in [0.1, 0.15) is 11.9 Å². The molecule has 1 atom stereocenters. The van der Waals surface area contributed by atoms with E-state index in [1.165, 1.54) is 0 Å². The average Bonchev–Trinajstić information content (AvgIpc) is 2.24. The van der Waals surface area contributed by atoms with Crippen LogP contribution in [0.1, 0.15) is 11.7 Å². The monoisotopic (exact) mass is 354 g/mol. The standard InChI is InChI=1S/C12H7F9O2/c13-10(14,15)9(11(16,17)18)5-22-8(9)6-1-3-7(4-2-6)23-12(19,20)21/h1-4,8H,5H2. The van der Waals surface area contributed by atoms with Crippen molar-refractivity contribution in [3.8, 4) is 5.75 Å². The maximum atomic E-state index is 12.9. The zero-order valence-corrected chi connectivity index (χ0v) is 10.8. The van der Waals surface area contributed by atoms with Crippen LogP contribution < -0.4 is 4.74 Å². The highest BCUT2D eigenvalue weighted by atomic mass is 19.4. The van der Waals surface area contributed by atoms with Gasteiger partial charge in [-0.2, -0.15) is 26.3 Å². The Hall–Kier alpha value is -1.65. The third-order valence-electron chi connectivity index (χ3n) is 3.35. The van der Waals surface area contributed by atoms with Crippen LogP contribution in [0.5, 0.6) is 5.75 Å². The van der Waals surface area contributed by atoms with E-state index in [0.717, 1.165) is 0 Å². The van der Waals surface area contributed by atoms with Crippen LogP contribution in [-0.2, 0) is 4.74 Å². The SMILES string of the molecule is FC(F)(F)Oc1ccc(C2OCC2(C(F)(F)F)C(F)(F)F)cc1. The Bertz CT molecular complexity index is 542. The van der Waals surface area contributed by atoms with Crippen molar-refractivity contribution in [1.29, 1.82) is 0 Å². The molecule has 0 saturated carbocycles. The Morgan fingerprint density at radius 2 is 1.35 bits per heavy atom. The Morgan fingerprint density at radius 1 is 0.870 bits per heavy atom. The van der Waals surface area contributed by atoms with Gasteiger partial charge in [0.2, 0.25) is 5.41 Å². The number of alkyl halides is 9. The molecule has 0 aliphatic carbocycles. The molecule has 1 aliphatic rings. The quantitative estimate of drug-likeness (QED) is 0.713. The van der Waals surface area contributed by atoms with Crippen molar-refractivity contribution in [2.24, 2.45) is 5.41 Å². The Labute approximate surface area is 122 Å². The van der Waals surface area contributed by atoms with Crippen LogP contribution in [0, 0.1) is 5.41 Å². The van der Waals surface area contributed by atoms with Gasteiger partial charge in [0.25, 0.3) is 0 Å². The molecule has 1 aromatic rings. The van der Waals surface area contributed by atoms with E-state index in [1.807, 2.05) is 0 Å². The Morgan fingerprint density at radius 3 is 1.65 bits per heavy atom. The average molecular weight is 354 g/mol. The van der Waals surface area contributed by atoms with Crippen molar-refractivity contribution in [3.05, 3.63) is 29.8 Å². The molecule has 0 N–H and O–H groups in total. The van der Waals surface area contributed by atoms with Gasteiger partial charge in [-0.15, -0.1) is 13.2 Å². The largest absolute Gasteiger partial charge is 0.573 e. The molecule has 1 unspecified atom stereocenters. The van der Waals surface area contributed by atoms with Crippen LogP contribution in [0.3, 0.4) is 0 Å². The van der Waals surface area contributed by atoms with Gasteiger partial charge in [0.15, 0.2) is 0 Å². The second-order valence-corrected chi connectivity index (χ2v) is 4.77. The molecule has 0 aromatic heterocycles. The minimum Gasteiger partial charge on any atom is -0.406 e. The number of ether oxygens (including phenoxy) is 2. The van der Waals surface area contributed by atoms with Crippen molar-refractivity contribution in [2.45, 2.75) is 24.8 Å². The summed E-state index contributed by atoms with van der Waals surface area (Å²) in [5.74, 6) is -0.773. The second-order valence-electron chi connectivity index (χ2n) is 4.77. The van der Waals surface area contributed by atoms with Crippen molar-refractivity contribution in [2.75, 3.05) is 6.61 Å². The van der Waals surface area contributed by atoms with Gasteiger partial charge in [-0.25, -0.2) is 0 Å². The van der Waals surface area contributed by atoms with E-state index < -0.39 is 48.2 Å². The van der Waals surface area contributed by atoms with E-state index >= 15 is 0 Å². The molecule has 11 heteroatoms. The molecular weight excluding hydrogens is 347 g/mol. The maximum Gasteiger partial charge on any atom is 0.573 e. The number of rotatable bonds is 2. The fourth-order valence-corrected chi connectivity index (χ4v) is 2.18. The minimum atomic E-state index is -5.63. The van der Waals surface area contributed by atoms with Gasteiger partial charge in [-0.1, -0.05) is 12.1 Å². The maximum absolute atomic E-state index is 12.9. The van der Waals surface area contributed by atoms with E-state index in [9.17, 15) is 39.5 Å². The van der Waals surface area contributed by atoms with Gasteiger partial charge in [-0.3, -0.25) is 0 Å². The van der Waals surface area contributed by atoms with Crippen LogP contribution >= 0.6 is 0 Å². The summed E-state index contributed by atoms with van der Waals surface area (Å²) in [6.45, 7) is -1.61. The smallest absolute Gasteiger partial charge is 0.406 e. The molecule has 1 saturated heterocycles. The number of hydrogen-bond donors (Lipinski definition) is 0. The van der Waals surface area contributed by atoms with Gasteiger partial charge >= 0.3 is 18.7 Å². The van der Waals surface area contributed by atoms with E-state index in [2.05, 4.69) is 9.47 Å². The fraction of sp³-hybridized carbons (Fsp3) is 0.500. The van der Waals surface area contributed by atoms with Crippen LogP contribution in [0.25, 0.3) is 0 Å². The molecule has 23 heavy (non-hydrogen) atoms. The minimum absolute atomic E-state index is 0.555. The lowest BCUT2D eigenvalue weighted by molar-refractivity contribution is -0.432. The topological polar surface area (TPSA) is 18.5 Å². The molecule has 0 spiro atoms. The summed E-state index contributed by atoms with van der Waals surface area (Å²) in [5, 5.41) is 0. The summed E-state index contributed by atoms with van der Waals surface area (Å²) >= 11 is 0. The van der Waals surface area contributed by atoms with E-state index in [4.69, 9.17) is 0 Å². The number of benzene rings is 1. The lowest BCUT2D eigenvalue weighted by Crippen LogP contribution is -2.63. The summed E-state index contributed by atoms with van der Waals surface area (Å²) in [7, 11) is 0. The molecule has 1 aromatic carbocycles. The van der Waals surface area contributed by atoms with Crippen molar-refractivity contribution in [1.82, 2.24) is 0 Å². The first kappa shape index (κ1) is 17.7. The number of hydrogen-bond acceptors (Lipinski definition) is 2. The fourth-order valence-electron chi connectivity index (χ4n) is 2.18. The zero-order chi connectivity index (χ0) is 17.7. The highest BCUT2D eigenvalue weighted by molar-refractivity contribution is 5.32. The lowest BCUT2D eigenvalue weighted by Gasteiger charge is -2.50. The summed E-state index contributed by atoms with van der Waals surface area (Å²) < 4.78 is 121. The third kappa shape index (κ3) is 3.06. The van der Waals surface area contributed by atoms with E-state index in [1.54, 1.807) is 0 Å². The predicted molar refractivity (Wildman–Crippen MR) is 56.4 cm³/mol. The van der Waals surface area contributed by atoms with Gasteiger partial charge < -0.3 is 9.47 Å².